The van der Waals surface area contributed by atoms with Crippen molar-refractivity contribution in [1.82, 2.24) is 9.80 Å². The van der Waals surface area contributed by atoms with E-state index in [2.05, 4.69) is 11.8 Å². The molecular weight excluding hydrogens is 250 g/mol. The summed E-state index contributed by atoms with van der Waals surface area (Å²) in [6.07, 6.45) is 3.54. The van der Waals surface area contributed by atoms with Crippen molar-refractivity contribution in [3.63, 3.8) is 0 Å². The van der Waals surface area contributed by atoms with Crippen LogP contribution in [0.5, 0.6) is 0 Å². The minimum Gasteiger partial charge on any atom is -0.336 e. The average Bonchev–Trinajstić information content (AvgIpc) is 2.53. The van der Waals surface area contributed by atoms with Gasteiger partial charge in [-0.05, 0) is 18.6 Å². The Hall–Kier alpha value is -1.39. The number of amides is 1. The lowest BCUT2D eigenvalue weighted by atomic mass is 10.1. The maximum atomic E-state index is 12.3. The first kappa shape index (κ1) is 15.0. The highest BCUT2D eigenvalue weighted by Crippen LogP contribution is 2.11. The van der Waals surface area contributed by atoms with Gasteiger partial charge in [0.25, 0.3) is 5.91 Å². The van der Waals surface area contributed by atoms with E-state index in [0.717, 1.165) is 38.2 Å². The first-order valence-corrected chi connectivity index (χ1v) is 7.56. The lowest BCUT2D eigenvalue weighted by Gasteiger charge is -2.38. The number of piperazine rings is 1. The summed E-state index contributed by atoms with van der Waals surface area (Å²) in [5.41, 5.74) is 6.96. The van der Waals surface area contributed by atoms with Crippen LogP contribution in [0.15, 0.2) is 30.3 Å². The molecule has 1 aromatic carbocycles. The lowest BCUT2D eigenvalue weighted by Crippen LogP contribution is -2.54. The van der Waals surface area contributed by atoms with Gasteiger partial charge < -0.3 is 10.6 Å². The molecule has 1 saturated heterocycles. The van der Waals surface area contributed by atoms with Crippen molar-refractivity contribution >= 4 is 5.91 Å². The predicted molar refractivity (Wildman–Crippen MR) is 81.4 cm³/mol. The van der Waals surface area contributed by atoms with Gasteiger partial charge in [-0.3, -0.25) is 9.69 Å². The van der Waals surface area contributed by atoms with Crippen LogP contribution >= 0.6 is 0 Å². The monoisotopic (exact) mass is 275 g/mol. The highest BCUT2D eigenvalue weighted by molar-refractivity contribution is 5.94. The molecule has 1 fully saturated rings. The van der Waals surface area contributed by atoms with Crippen molar-refractivity contribution in [2.24, 2.45) is 5.73 Å². The maximum Gasteiger partial charge on any atom is 0.253 e. The van der Waals surface area contributed by atoms with Gasteiger partial charge in [-0.15, -0.1) is 0 Å². The molecule has 1 aliphatic rings. The van der Waals surface area contributed by atoms with Crippen LogP contribution in [0.25, 0.3) is 0 Å². The first-order valence-electron chi connectivity index (χ1n) is 7.56. The van der Waals surface area contributed by atoms with Crippen LogP contribution in [0.4, 0.5) is 0 Å². The van der Waals surface area contributed by atoms with Crippen LogP contribution in [0.1, 0.15) is 36.5 Å². The number of hydrogen-bond acceptors (Lipinski definition) is 3. The summed E-state index contributed by atoms with van der Waals surface area (Å²) in [6.45, 7) is 5.48. The van der Waals surface area contributed by atoms with Crippen LogP contribution in [-0.4, -0.2) is 48.1 Å². The quantitative estimate of drug-likeness (QED) is 0.893. The van der Waals surface area contributed by atoms with Crippen LogP contribution in [0.3, 0.4) is 0 Å². The van der Waals surface area contributed by atoms with Gasteiger partial charge in [-0.1, -0.05) is 38.0 Å². The topological polar surface area (TPSA) is 49.6 Å². The minimum atomic E-state index is 0.132. The van der Waals surface area contributed by atoms with E-state index >= 15 is 0 Å². The van der Waals surface area contributed by atoms with Crippen LogP contribution in [-0.2, 0) is 0 Å². The van der Waals surface area contributed by atoms with E-state index in [1.807, 2.05) is 35.2 Å². The number of carbonyl (C=O) groups excluding carboxylic acids is 1. The molecule has 0 aromatic heterocycles. The first-order chi connectivity index (χ1) is 9.72. The average molecular weight is 275 g/mol. The molecule has 1 unspecified atom stereocenters. The van der Waals surface area contributed by atoms with E-state index < -0.39 is 0 Å². The van der Waals surface area contributed by atoms with E-state index in [-0.39, 0.29) is 12.1 Å². The van der Waals surface area contributed by atoms with E-state index in [0.29, 0.717) is 0 Å². The van der Waals surface area contributed by atoms with Crippen LogP contribution < -0.4 is 5.73 Å². The number of carbonyl (C=O) groups is 1. The molecule has 1 aliphatic heterocycles. The Morgan fingerprint density at radius 3 is 2.45 bits per heavy atom. The summed E-state index contributed by atoms with van der Waals surface area (Å²) in [5.74, 6) is 0.132. The van der Waals surface area contributed by atoms with Crippen molar-refractivity contribution in [3.05, 3.63) is 35.9 Å². The molecule has 20 heavy (non-hydrogen) atoms. The van der Waals surface area contributed by atoms with Crippen molar-refractivity contribution in [2.45, 2.75) is 32.4 Å². The maximum absolute atomic E-state index is 12.3. The fraction of sp³-hybridized carbons (Fsp3) is 0.562. The molecule has 1 heterocycles. The van der Waals surface area contributed by atoms with E-state index in [1.54, 1.807) is 0 Å². The Morgan fingerprint density at radius 1 is 1.20 bits per heavy atom. The summed E-state index contributed by atoms with van der Waals surface area (Å²) >= 11 is 0. The van der Waals surface area contributed by atoms with Crippen molar-refractivity contribution < 1.29 is 4.79 Å². The van der Waals surface area contributed by atoms with Crippen molar-refractivity contribution in [1.29, 1.82) is 0 Å². The molecule has 110 valence electrons. The molecule has 1 aromatic rings. The number of unbranched alkanes of at least 4 members (excludes halogenated alkanes) is 1. The molecular formula is C16H25N3O. The molecule has 2 rings (SSSR count). The van der Waals surface area contributed by atoms with Gasteiger partial charge >= 0.3 is 0 Å². The summed E-state index contributed by atoms with van der Waals surface area (Å²) in [4.78, 5) is 16.5. The summed E-state index contributed by atoms with van der Waals surface area (Å²) in [6, 6.07) is 9.50. The smallest absolute Gasteiger partial charge is 0.253 e. The Morgan fingerprint density at radius 2 is 1.85 bits per heavy atom. The summed E-state index contributed by atoms with van der Waals surface area (Å²) < 4.78 is 0. The molecule has 0 radical (unpaired) electrons. The van der Waals surface area contributed by atoms with Gasteiger partial charge in [-0.25, -0.2) is 0 Å². The van der Waals surface area contributed by atoms with Gasteiger partial charge in [0.05, 0.1) is 6.17 Å². The van der Waals surface area contributed by atoms with Gasteiger partial charge in [0.1, 0.15) is 0 Å². The standard InChI is InChI=1S/C16H25N3O/c1-2-3-9-15(17)18-10-12-19(13-11-18)16(20)14-7-5-4-6-8-14/h4-8,15H,2-3,9-13,17H2,1H3. The molecule has 4 nitrogen and oxygen atoms in total. The number of benzene rings is 1. The zero-order valence-electron chi connectivity index (χ0n) is 12.3. The zero-order valence-corrected chi connectivity index (χ0v) is 12.3. The Balaban J connectivity index is 1.83. The normalized spacial score (nSPS) is 18.0. The van der Waals surface area contributed by atoms with Gasteiger partial charge in [0, 0.05) is 31.7 Å². The fourth-order valence-corrected chi connectivity index (χ4v) is 2.62. The third-order valence-electron chi connectivity index (χ3n) is 3.94. The largest absolute Gasteiger partial charge is 0.336 e. The molecule has 0 bridgehead atoms. The molecule has 1 atom stereocenters. The summed E-state index contributed by atoms with van der Waals surface area (Å²) in [5, 5.41) is 0. The fourth-order valence-electron chi connectivity index (χ4n) is 2.62. The number of rotatable bonds is 5. The van der Waals surface area contributed by atoms with Crippen molar-refractivity contribution in [3.8, 4) is 0 Å². The van der Waals surface area contributed by atoms with E-state index in [1.165, 1.54) is 12.8 Å². The third-order valence-corrected chi connectivity index (χ3v) is 3.94. The molecule has 1 amide bonds. The van der Waals surface area contributed by atoms with E-state index in [9.17, 15) is 4.79 Å². The SMILES string of the molecule is CCCCC(N)N1CCN(C(=O)c2ccccc2)CC1. The summed E-state index contributed by atoms with van der Waals surface area (Å²) in [7, 11) is 0. The molecule has 0 saturated carbocycles. The molecule has 0 aliphatic carbocycles. The number of nitrogens with zero attached hydrogens (tertiary/aromatic N) is 2. The zero-order chi connectivity index (χ0) is 14.4. The highest BCUT2D eigenvalue weighted by Gasteiger charge is 2.24. The minimum absolute atomic E-state index is 0.132. The number of nitrogens with two attached hydrogens (primary N) is 1. The van der Waals surface area contributed by atoms with Gasteiger partial charge in [0.2, 0.25) is 0 Å². The molecule has 0 spiro atoms. The van der Waals surface area contributed by atoms with Crippen LogP contribution in [0, 0.1) is 0 Å². The molecule has 2 N–H and O–H groups in total. The molecule has 4 heteroatoms. The Labute approximate surface area is 121 Å². The Bertz CT molecular complexity index is 413. The van der Waals surface area contributed by atoms with Gasteiger partial charge in [-0.2, -0.15) is 0 Å². The van der Waals surface area contributed by atoms with Crippen LogP contribution in [0.2, 0.25) is 0 Å². The third kappa shape index (κ3) is 3.81. The Kier molecular flexibility index (Phi) is 5.56. The highest BCUT2D eigenvalue weighted by atomic mass is 16.2. The van der Waals surface area contributed by atoms with Crippen molar-refractivity contribution in [2.75, 3.05) is 26.2 Å². The van der Waals surface area contributed by atoms with E-state index in [4.69, 9.17) is 5.73 Å². The second kappa shape index (κ2) is 7.41. The van der Waals surface area contributed by atoms with Gasteiger partial charge in [0.15, 0.2) is 0 Å². The number of hydrogen-bond donors (Lipinski definition) is 1. The lowest BCUT2D eigenvalue weighted by molar-refractivity contribution is 0.0562. The second-order valence-corrected chi connectivity index (χ2v) is 5.40. The second-order valence-electron chi connectivity index (χ2n) is 5.40. The predicted octanol–water partition coefficient (Wildman–Crippen LogP) is 1.92.